The van der Waals surface area contributed by atoms with Crippen LogP contribution in [-0.2, 0) is 4.74 Å². The van der Waals surface area contributed by atoms with Crippen LogP contribution in [0.1, 0.15) is 16.8 Å². The second kappa shape index (κ2) is 8.58. The average Bonchev–Trinajstić information content (AvgIpc) is 2.46. The van der Waals surface area contributed by atoms with E-state index in [0.29, 0.717) is 11.1 Å². The van der Waals surface area contributed by atoms with Gasteiger partial charge in [0.15, 0.2) is 0 Å². The number of halogens is 2. The van der Waals surface area contributed by atoms with Crippen molar-refractivity contribution in [3.05, 3.63) is 34.1 Å². The first-order valence-electron chi connectivity index (χ1n) is 6.19. The van der Waals surface area contributed by atoms with E-state index >= 15 is 0 Å². The van der Waals surface area contributed by atoms with Crippen molar-refractivity contribution in [2.24, 2.45) is 10.9 Å². The molecule has 0 bridgehead atoms. The maximum atomic E-state index is 13.9. The highest BCUT2D eigenvalue weighted by Gasteiger charge is 2.19. The Balaban J connectivity index is 2.87. The van der Waals surface area contributed by atoms with Crippen LogP contribution in [0.3, 0.4) is 0 Å². The first kappa shape index (κ1) is 17.4. The molecular weight excluding hydrogens is 345 g/mol. The van der Waals surface area contributed by atoms with Crippen LogP contribution in [0.25, 0.3) is 0 Å². The lowest BCUT2D eigenvalue weighted by molar-refractivity contribution is 0.0696. The van der Waals surface area contributed by atoms with Crippen LogP contribution in [0.15, 0.2) is 27.8 Å². The fourth-order valence-electron chi connectivity index (χ4n) is 1.65. The number of methoxy groups -OCH3 is 1. The van der Waals surface area contributed by atoms with Crippen LogP contribution < -0.4 is 5.73 Å². The molecule has 0 aliphatic rings. The van der Waals surface area contributed by atoms with Gasteiger partial charge in [-0.25, -0.2) is 4.39 Å². The highest BCUT2D eigenvalue weighted by atomic mass is 79.9. The van der Waals surface area contributed by atoms with Crippen LogP contribution in [0.5, 0.6) is 0 Å². The van der Waals surface area contributed by atoms with E-state index < -0.39 is 11.7 Å². The zero-order valence-corrected chi connectivity index (χ0v) is 13.1. The molecule has 6 nitrogen and oxygen atoms in total. The van der Waals surface area contributed by atoms with Gasteiger partial charge in [0.1, 0.15) is 11.7 Å². The molecule has 0 aliphatic carbocycles. The van der Waals surface area contributed by atoms with Crippen molar-refractivity contribution >= 4 is 27.7 Å². The number of nitrogens with two attached hydrogens (primary N) is 1. The number of carbonyl (C=O) groups is 1. The van der Waals surface area contributed by atoms with Gasteiger partial charge in [-0.05, 0) is 18.2 Å². The van der Waals surface area contributed by atoms with Crippen LogP contribution in [0.2, 0.25) is 0 Å². The van der Waals surface area contributed by atoms with Gasteiger partial charge in [0, 0.05) is 31.1 Å². The van der Waals surface area contributed by atoms with E-state index in [4.69, 9.17) is 15.7 Å². The minimum Gasteiger partial charge on any atom is -0.409 e. The number of nitrogens with zero attached hydrogens (tertiary/aromatic N) is 2. The maximum absolute atomic E-state index is 13.9. The van der Waals surface area contributed by atoms with E-state index in [0.717, 1.165) is 0 Å². The molecule has 3 N–H and O–H groups in total. The van der Waals surface area contributed by atoms with Crippen molar-refractivity contribution in [3.63, 3.8) is 0 Å². The van der Waals surface area contributed by atoms with Gasteiger partial charge >= 0.3 is 0 Å². The first-order chi connectivity index (χ1) is 9.99. The smallest absolute Gasteiger partial charge is 0.256 e. The Morgan fingerprint density at radius 3 is 2.81 bits per heavy atom. The summed E-state index contributed by atoms with van der Waals surface area (Å²) in [6, 6.07) is 4.23. The van der Waals surface area contributed by atoms with Gasteiger partial charge in [0.05, 0.1) is 12.2 Å². The Kier molecular flexibility index (Phi) is 7.10. The van der Waals surface area contributed by atoms with Crippen molar-refractivity contribution in [1.29, 1.82) is 0 Å². The van der Waals surface area contributed by atoms with Gasteiger partial charge in [0.25, 0.3) is 5.91 Å². The molecule has 0 radical (unpaired) electrons. The molecule has 0 heterocycles. The van der Waals surface area contributed by atoms with Crippen LogP contribution >= 0.6 is 15.9 Å². The number of hydrogen-bond donors (Lipinski definition) is 2. The number of rotatable bonds is 7. The Morgan fingerprint density at radius 2 is 2.24 bits per heavy atom. The van der Waals surface area contributed by atoms with E-state index in [1.807, 2.05) is 0 Å². The van der Waals surface area contributed by atoms with E-state index in [1.165, 1.54) is 24.1 Å². The lowest BCUT2D eigenvalue weighted by Gasteiger charge is -2.22. The zero-order chi connectivity index (χ0) is 15.8. The van der Waals surface area contributed by atoms with Crippen molar-refractivity contribution in [3.8, 4) is 0 Å². The molecule has 0 aromatic heterocycles. The molecule has 0 fully saturated rings. The second-order valence-corrected chi connectivity index (χ2v) is 5.17. The van der Waals surface area contributed by atoms with E-state index in [9.17, 15) is 9.18 Å². The summed E-state index contributed by atoms with van der Waals surface area (Å²) in [6.07, 6.45) is 0.185. The fraction of sp³-hybridized carbons (Fsp3) is 0.385. The molecule has 1 rings (SSSR count). The molecule has 116 valence electrons. The van der Waals surface area contributed by atoms with Crippen molar-refractivity contribution in [2.75, 3.05) is 26.8 Å². The fourth-order valence-corrected chi connectivity index (χ4v) is 1.98. The normalized spacial score (nSPS) is 11.5. The minimum absolute atomic E-state index is 0.00138. The largest absolute Gasteiger partial charge is 0.409 e. The lowest BCUT2D eigenvalue weighted by Crippen LogP contribution is -2.37. The van der Waals surface area contributed by atoms with E-state index in [1.54, 1.807) is 6.07 Å². The molecule has 0 saturated heterocycles. The van der Waals surface area contributed by atoms with Crippen LogP contribution in [-0.4, -0.2) is 48.7 Å². The molecule has 21 heavy (non-hydrogen) atoms. The average molecular weight is 362 g/mol. The van der Waals surface area contributed by atoms with Gasteiger partial charge in [-0.15, -0.1) is 0 Å². The number of hydrogen-bond acceptors (Lipinski definition) is 4. The molecule has 1 amide bonds. The summed E-state index contributed by atoms with van der Waals surface area (Å²) in [5.74, 6) is -1.08. The Labute approximate surface area is 130 Å². The Hall–Kier alpha value is -1.67. The van der Waals surface area contributed by atoms with Gasteiger partial charge in [-0.1, -0.05) is 21.1 Å². The highest BCUT2D eigenvalue weighted by Crippen LogP contribution is 2.17. The van der Waals surface area contributed by atoms with Gasteiger partial charge in [-0.3, -0.25) is 4.79 Å². The topological polar surface area (TPSA) is 88.2 Å². The van der Waals surface area contributed by atoms with Gasteiger partial charge < -0.3 is 20.6 Å². The number of amides is 1. The molecule has 0 unspecified atom stereocenters. The predicted octanol–water partition coefficient (Wildman–Crippen LogP) is 1.81. The standard InChI is InChI=1S/C13H17BrFN3O3/c1-21-7-6-18(5-4-12(16)17-20)13(19)10-3-2-9(14)8-11(10)15/h2-3,8,20H,4-7H2,1H3,(H2,16,17). The quantitative estimate of drug-likeness (QED) is 0.335. The third kappa shape index (κ3) is 5.31. The number of oxime groups is 1. The number of amidine groups is 1. The molecule has 1 aromatic carbocycles. The summed E-state index contributed by atoms with van der Waals surface area (Å²) in [5.41, 5.74) is 5.36. The summed E-state index contributed by atoms with van der Waals surface area (Å²) >= 11 is 3.14. The maximum Gasteiger partial charge on any atom is 0.256 e. The van der Waals surface area contributed by atoms with Crippen molar-refractivity contribution in [1.82, 2.24) is 4.90 Å². The predicted molar refractivity (Wildman–Crippen MR) is 79.9 cm³/mol. The van der Waals surface area contributed by atoms with Crippen LogP contribution in [0, 0.1) is 5.82 Å². The summed E-state index contributed by atoms with van der Waals surface area (Å²) in [5, 5.41) is 11.4. The summed E-state index contributed by atoms with van der Waals surface area (Å²) in [6.45, 7) is 0.789. The molecule has 0 atom stereocenters. The lowest BCUT2D eigenvalue weighted by atomic mass is 10.1. The summed E-state index contributed by atoms with van der Waals surface area (Å²) < 4.78 is 19.3. The summed E-state index contributed by atoms with van der Waals surface area (Å²) in [4.78, 5) is 13.8. The van der Waals surface area contributed by atoms with Crippen LogP contribution in [0.4, 0.5) is 4.39 Å². The Morgan fingerprint density at radius 1 is 1.52 bits per heavy atom. The zero-order valence-electron chi connectivity index (χ0n) is 11.6. The molecule has 8 heteroatoms. The second-order valence-electron chi connectivity index (χ2n) is 4.25. The number of benzene rings is 1. The van der Waals surface area contributed by atoms with Gasteiger partial charge in [0.2, 0.25) is 0 Å². The van der Waals surface area contributed by atoms with E-state index in [-0.39, 0.29) is 30.9 Å². The molecule has 1 aromatic rings. The number of ether oxygens (including phenoxy) is 1. The first-order valence-corrected chi connectivity index (χ1v) is 6.98. The highest BCUT2D eigenvalue weighted by molar-refractivity contribution is 9.10. The van der Waals surface area contributed by atoms with Gasteiger partial charge in [-0.2, -0.15) is 0 Å². The van der Waals surface area contributed by atoms with E-state index in [2.05, 4.69) is 21.1 Å². The molecular formula is C13H17BrFN3O3. The van der Waals surface area contributed by atoms with Crippen molar-refractivity contribution < 1.29 is 19.1 Å². The summed E-state index contributed by atoms with van der Waals surface area (Å²) in [7, 11) is 1.51. The minimum atomic E-state index is -0.611. The SMILES string of the molecule is COCCN(CCC(N)=NO)C(=O)c1ccc(Br)cc1F. The number of carbonyl (C=O) groups excluding carboxylic acids is 1. The molecule has 0 spiro atoms. The Bertz CT molecular complexity index is 525. The molecule has 0 aliphatic heterocycles. The van der Waals surface area contributed by atoms with Crippen molar-refractivity contribution in [2.45, 2.75) is 6.42 Å². The molecule has 0 saturated carbocycles. The monoisotopic (exact) mass is 361 g/mol. The third-order valence-electron chi connectivity index (χ3n) is 2.78. The third-order valence-corrected chi connectivity index (χ3v) is 3.27.